The summed E-state index contributed by atoms with van der Waals surface area (Å²) in [6, 6.07) is 111. The highest BCUT2D eigenvalue weighted by atomic mass is 31.2. The molecule has 4 nitrogen and oxygen atoms in total. The van der Waals surface area contributed by atoms with E-state index in [0.29, 0.717) is 43.3 Å². The molecule has 0 saturated carbocycles. The average Bonchev–Trinajstić information content (AvgIpc) is 3.60. The molecule has 0 radical (unpaired) electrons. The van der Waals surface area contributed by atoms with Gasteiger partial charge in [-0.1, -0.05) is 309 Å². The van der Waals surface area contributed by atoms with Crippen LogP contribution in [0.4, 0.5) is 0 Å². The highest BCUT2D eigenvalue weighted by molar-refractivity contribution is 7.86. The van der Waals surface area contributed by atoms with Gasteiger partial charge in [0.15, 0.2) is 29.5 Å². The summed E-state index contributed by atoms with van der Waals surface area (Å²) < 4.78 is 54.7. The van der Waals surface area contributed by atoms with Crippen LogP contribution in [0.25, 0.3) is 11.1 Å². The molecule has 0 bridgehead atoms. The second-order valence-electron chi connectivity index (χ2n) is 19.7. The molecule has 0 aromatic heterocycles. The minimum atomic E-state index is -3.62. The van der Waals surface area contributed by atoms with Gasteiger partial charge in [0.05, 0.1) is 10.6 Å². The topological polar surface area (TPSA) is 60.4 Å². The molecule has 0 N–H and O–H groups in total. The van der Waals surface area contributed by atoms with Crippen molar-refractivity contribution in [2.45, 2.75) is 0 Å². The van der Waals surface area contributed by atoms with E-state index >= 15 is 13.7 Å². The molecule has 0 saturated heterocycles. The highest BCUT2D eigenvalue weighted by Crippen LogP contribution is 2.49. The average molecular weight is 1110 g/mol. The van der Waals surface area contributed by atoms with Crippen molar-refractivity contribution in [2.24, 2.45) is 0 Å². The number of ether oxygens (including phenoxy) is 1. The zero-order chi connectivity index (χ0) is 54.4. The Hall–Kier alpha value is -8.65. The third kappa shape index (κ3) is 9.43. The lowest BCUT2D eigenvalue weighted by Gasteiger charge is -2.35. The highest BCUT2D eigenvalue weighted by Gasteiger charge is 2.42. The number of hydrogen-bond acceptors (Lipinski definition) is 4. The zero-order valence-electron chi connectivity index (χ0n) is 43.7. The summed E-state index contributed by atoms with van der Waals surface area (Å²) in [7, 11) is -13.3. The first-order chi connectivity index (χ1) is 39.3. The van der Waals surface area contributed by atoms with Crippen LogP contribution < -0.4 is 73.2 Å². The number of para-hydroxylation sites is 2. The van der Waals surface area contributed by atoms with Gasteiger partial charge in [0.25, 0.3) is 0 Å². The van der Waals surface area contributed by atoms with Gasteiger partial charge in [-0.3, -0.25) is 0 Å². The van der Waals surface area contributed by atoms with Crippen LogP contribution in [0.2, 0.25) is 0 Å². The molecule has 0 aliphatic rings. The molecule has 0 aliphatic heterocycles. The van der Waals surface area contributed by atoms with Crippen molar-refractivity contribution >= 4 is 98.0 Å². The fourth-order valence-electron chi connectivity index (χ4n) is 11.3. The molecule has 0 aliphatic carbocycles. The third-order valence-electron chi connectivity index (χ3n) is 15.2. The molecule has 12 rings (SSSR count). The first-order valence-corrected chi connectivity index (χ1v) is 33.8. The Morgan fingerprint density at radius 3 is 0.787 bits per heavy atom. The van der Waals surface area contributed by atoms with Crippen LogP contribution in [0.15, 0.2) is 334 Å². The van der Waals surface area contributed by atoms with E-state index in [0.717, 1.165) is 27.0 Å². The van der Waals surface area contributed by atoms with Gasteiger partial charge in [-0.25, -0.2) is 0 Å². The van der Waals surface area contributed by atoms with Crippen LogP contribution in [0, 0.1) is 0 Å². The maximum Gasteiger partial charge on any atom is 0.179 e. The smallest absolute Gasteiger partial charge is 0.179 e. The number of hydrogen-bond donors (Lipinski definition) is 0. The quantitative estimate of drug-likeness (QED) is 0.0550. The van der Waals surface area contributed by atoms with E-state index in [-0.39, 0.29) is 0 Å². The van der Waals surface area contributed by atoms with Crippen LogP contribution in [-0.4, -0.2) is 8.07 Å². The fourth-order valence-corrected chi connectivity index (χ4v) is 24.2. The number of rotatable bonds is 16. The molecule has 0 heterocycles. The largest absolute Gasteiger partial charge is 0.456 e. The standard InChI is InChI=1S/C72H55O4P3Si/c73-77(58-26-8-1-9-27-58,59-28-10-2-11-29-59)63-50-54-68(55-51-63)80(65-36-18-6-19-37-65,66-38-20-7-21-39-66)67-52-46-57(47-53-67)56-44-48-64(49-45-56)79(75,62-34-16-5-17-35-62)72-43-25-23-41-70(72)76-69-40-22-24-42-71(69)78(74,60-30-12-3-13-31-60)61-32-14-4-15-33-61/h1-55H. The summed E-state index contributed by atoms with van der Waals surface area (Å²) in [6.45, 7) is 0. The summed E-state index contributed by atoms with van der Waals surface area (Å²) in [5.41, 5.74) is 1.99. The third-order valence-corrected chi connectivity index (χ3v) is 29.3. The van der Waals surface area contributed by atoms with E-state index in [2.05, 4.69) is 121 Å². The molecular weight excluding hydrogens is 1050 g/mol. The lowest BCUT2D eigenvalue weighted by Crippen LogP contribution is -2.74. The molecule has 8 heteroatoms. The van der Waals surface area contributed by atoms with Gasteiger partial charge in [0.2, 0.25) is 0 Å². The van der Waals surface area contributed by atoms with Crippen molar-refractivity contribution in [3.8, 4) is 22.6 Å². The Morgan fingerprint density at radius 1 is 0.212 bits per heavy atom. The lowest BCUT2D eigenvalue weighted by atomic mass is 10.1. The minimum absolute atomic E-state index is 0.417. The molecule has 1 unspecified atom stereocenters. The van der Waals surface area contributed by atoms with Crippen LogP contribution in [-0.2, 0) is 13.7 Å². The molecule has 0 fully saturated rings. The summed E-state index contributed by atoms with van der Waals surface area (Å²) in [6.07, 6.45) is 0. The van der Waals surface area contributed by atoms with E-state index in [9.17, 15) is 0 Å². The molecule has 80 heavy (non-hydrogen) atoms. The zero-order valence-corrected chi connectivity index (χ0v) is 47.4. The predicted molar refractivity (Wildman–Crippen MR) is 340 cm³/mol. The van der Waals surface area contributed by atoms with Gasteiger partial charge in [0.1, 0.15) is 11.5 Å². The SMILES string of the molecule is O=P(c1ccccc1)(c1ccccc1)c1ccc([Si](c2ccccc2)(c2ccccc2)c2ccc(-c3ccc(P(=O)(c4ccccc4)c4ccccc4Oc4ccccc4P(=O)(c4ccccc4)c4ccccc4)cc3)cc2)cc1. The Bertz CT molecular complexity index is 4060. The van der Waals surface area contributed by atoms with Crippen molar-refractivity contribution in [3.05, 3.63) is 334 Å². The van der Waals surface area contributed by atoms with Crippen molar-refractivity contribution in [2.75, 3.05) is 0 Å². The molecule has 386 valence electrons. The Labute approximate surface area is 469 Å². The first kappa shape index (κ1) is 52.1. The molecule has 12 aromatic rings. The van der Waals surface area contributed by atoms with Gasteiger partial charge in [-0.15, -0.1) is 0 Å². The Balaban J connectivity index is 0.927. The minimum Gasteiger partial charge on any atom is -0.456 e. The molecule has 0 amide bonds. The second kappa shape index (κ2) is 22.6. The molecular formula is C72H55O4P3Si. The summed E-state index contributed by atoms with van der Waals surface area (Å²) in [5, 5.41) is 11.0. The monoisotopic (exact) mass is 1100 g/mol. The van der Waals surface area contributed by atoms with Gasteiger partial charge < -0.3 is 18.4 Å². The maximum absolute atomic E-state index is 16.4. The van der Waals surface area contributed by atoms with Crippen molar-refractivity contribution in [1.29, 1.82) is 0 Å². The lowest BCUT2D eigenvalue weighted by molar-refractivity contribution is 0.489. The van der Waals surface area contributed by atoms with Crippen LogP contribution in [0.3, 0.4) is 0 Å². The van der Waals surface area contributed by atoms with Gasteiger partial charge in [-0.05, 0) is 56.1 Å². The van der Waals surface area contributed by atoms with E-state index in [1.54, 1.807) is 0 Å². The van der Waals surface area contributed by atoms with Gasteiger partial charge in [-0.2, -0.15) is 0 Å². The number of benzene rings is 12. The van der Waals surface area contributed by atoms with Crippen LogP contribution in [0.5, 0.6) is 11.5 Å². The molecule has 0 spiro atoms. The summed E-state index contributed by atoms with van der Waals surface area (Å²) in [5.74, 6) is 0.843. The summed E-state index contributed by atoms with van der Waals surface area (Å²) in [4.78, 5) is 0. The van der Waals surface area contributed by atoms with Crippen LogP contribution in [0.1, 0.15) is 0 Å². The fraction of sp³-hybridized carbons (Fsp3) is 0. The first-order valence-electron chi connectivity index (χ1n) is 26.7. The van der Waals surface area contributed by atoms with E-state index < -0.39 is 29.5 Å². The van der Waals surface area contributed by atoms with Gasteiger partial charge in [0, 0.05) is 37.1 Å². The Kier molecular flexibility index (Phi) is 14.7. The Morgan fingerprint density at radius 2 is 0.438 bits per heavy atom. The molecule has 1 atom stereocenters. The second-order valence-corrected chi connectivity index (χ2v) is 31.7. The van der Waals surface area contributed by atoms with Gasteiger partial charge >= 0.3 is 0 Å². The normalized spacial score (nSPS) is 12.5. The predicted octanol–water partition coefficient (Wildman–Crippen LogP) is 11.4. The molecule has 12 aromatic carbocycles. The van der Waals surface area contributed by atoms with E-state index in [4.69, 9.17) is 4.74 Å². The van der Waals surface area contributed by atoms with Crippen molar-refractivity contribution in [1.82, 2.24) is 0 Å². The van der Waals surface area contributed by atoms with Crippen molar-refractivity contribution in [3.63, 3.8) is 0 Å². The van der Waals surface area contributed by atoms with E-state index in [1.165, 1.54) is 20.7 Å². The maximum atomic E-state index is 16.4. The van der Waals surface area contributed by atoms with Crippen LogP contribution >= 0.6 is 21.4 Å². The van der Waals surface area contributed by atoms with Crippen molar-refractivity contribution < 1.29 is 18.4 Å². The summed E-state index contributed by atoms with van der Waals surface area (Å²) >= 11 is 0. The van der Waals surface area contributed by atoms with E-state index in [1.807, 2.05) is 212 Å².